The van der Waals surface area contributed by atoms with E-state index in [-0.39, 0.29) is 10.9 Å². The van der Waals surface area contributed by atoms with Crippen molar-refractivity contribution in [2.24, 2.45) is 5.14 Å². The molecule has 1 unspecified atom stereocenters. The van der Waals surface area contributed by atoms with Crippen LogP contribution in [0.2, 0.25) is 10.0 Å². The molecule has 0 aromatic heterocycles. The normalized spacial score (nSPS) is 13.0. The van der Waals surface area contributed by atoms with E-state index in [1.807, 2.05) is 13.0 Å². The van der Waals surface area contributed by atoms with Crippen LogP contribution in [0.3, 0.4) is 0 Å². The molecule has 7 heteroatoms. The lowest BCUT2D eigenvalue weighted by atomic mass is 10.1. The molecule has 0 saturated carbocycles. The molecule has 0 radical (unpaired) electrons. The van der Waals surface area contributed by atoms with Crippen molar-refractivity contribution < 1.29 is 8.42 Å². The van der Waals surface area contributed by atoms with E-state index >= 15 is 0 Å². The molecule has 0 aliphatic heterocycles. The van der Waals surface area contributed by atoms with E-state index in [0.717, 1.165) is 5.56 Å². The number of nitrogens with one attached hydrogen (secondary N) is 1. The minimum absolute atomic E-state index is 0.0749. The summed E-state index contributed by atoms with van der Waals surface area (Å²) in [6.45, 7) is 1.89. The summed E-state index contributed by atoms with van der Waals surface area (Å²) in [5.74, 6) is 0. The molecule has 21 heavy (non-hydrogen) atoms. The van der Waals surface area contributed by atoms with Crippen molar-refractivity contribution in [2.75, 3.05) is 5.32 Å². The van der Waals surface area contributed by atoms with Crippen LogP contribution in [-0.4, -0.2) is 8.42 Å². The van der Waals surface area contributed by atoms with Gasteiger partial charge in [0.1, 0.15) is 0 Å². The summed E-state index contributed by atoms with van der Waals surface area (Å²) in [5.41, 5.74) is 1.45. The molecule has 2 rings (SSSR count). The molecule has 0 heterocycles. The third-order valence-corrected chi connectivity index (χ3v) is 4.46. The summed E-state index contributed by atoms with van der Waals surface area (Å²) in [7, 11) is -3.72. The fourth-order valence-electron chi connectivity index (χ4n) is 1.89. The summed E-state index contributed by atoms with van der Waals surface area (Å²) in [6.07, 6.45) is 0. The number of benzene rings is 2. The Labute approximate surface area is 133 Å². The first-order valence-corrected chi connectivity index (χ1v) is 8.42. The SMILES string of the molecule is CC(Nc1cc(Cl)ccc1Cl)c1cccc(S(N)(=O)=O)c1. The number of anilines is 1. The third kappa shape index (κ3) is 4.11. The number of sulfonamides is 1. The molecule has 0 amide bonds. The minimum atomic E-state index is -3.72. The molecule has 0 aliphatic rings. The van der Waals surface area contributed by atoms with Gasteiger partial charge in [-0.25, -0.2) is 13.6 Å². The quantitative estimate of drug-likeness (QED) is 0.885. The smallest absolute Gasteiger partial charge is 0.238 e. The summed E-state index contributed by atoms with van der Waals surface area (Å²) in [5, 5.41) is 9.43. The van der Waals surface area contributed by atoms with Gasteiger partial charge in [0.05, 0.1) is 15.6 Å². The van der Waals surface area contributed by atoms with Crippen LogP contribution in [0.15, 0.2) is 47.4 Å². The van der Waals surface area contributed by atoms with Gasteiger partial charge in [0.2, 0.25) is 10.0 Å². The van der Waals surface area contributed by atoms with Crippen LogP contribution < -0.4 is 10.5 Å². The Morgan fingerprint density at radius 3 is 2.52 bits per heavy atom. The largest absolute Gasteiger partial charge is 0.377 e. The maximum Gasteiger partial charge on any atom is 0.238 e. The Hall–Kier alpha value is -1.27. The summed E-state index contributed by atoms with van der Waals surface area (Å²) < 4.78 is 22.8. The van der Waals surface area contributed by atoms with Gasteiger partial charge >= 0.3 is 0 Å². The van der Waals surface area contributed by atoms with Crippen LogP contribution >= 0.6 is 23.2 Å². The van der Waals surface area contributed by atoms with Gasteiger partial charge in [-0.2, -0.15) is 0 Å². The topological polar surface area (TPSA) is 72.2 Å². The standard InChI is InChI=1S/C14H14Cl2N2O2S/c1-9(18-14-8-11(15)5-6-13(14)16)10-3-2-4-12(7-10)21(17,19)20/h2-9,18H,1H3,(H2,17,19,20). The number of primary sulfonamides is 1. The summed E-state index contributed by atoms with van der Waals surface area (Å²) in [6, 6.07) is 11.4. The zero-order valence-corrected chi connectivity index (χ0v) is 13.5. The lowest BCUT2D eigenvalue weighted by Crippen LogP contribution is -2.13. The minimum Gasteiger partial charge on any atom is -0.377 e. The highest BCUT2D eigenvalue weighted by molar-refractivity contribution is 7.89. The van der Waals surface area contributed by atoms with Crippen LogP contribution in [-0.2, 0) is 10.0 Å². The Morgan fingerprint density at radius 2 is 1.86 bits per heavy atom. The zero-order valence-electron chi connectivity index (χ0n) is 11.2. The highest BCUT2D eigenvalue weighted by Gasteiger charge is 2.12. The summed E-state index contributed by atoms with van der Waals surface area (Å²) in [4.78, 5) is 0.0749. The average molecular weight is 345 g/mol. The first-order valence-electron chi connectivity index (χ1n) is 6.12. The van der Waals surface area contributed by atoms with Crippen LogP contribution in [0.25, 0.3) is 0 Å². The number of hydrogen-bond acceptors (Lipinski definition) is 3. The molecule has 2 aromatic carbocycles. The maximum atomic E-state index is 11.4. The Kier molecular flexibility index (Phi) is 4.78. The van der Waals surface area contributed by atoms with Gasteiger partial charge in [0, 0.05) is 11.1 Å². The van der Waals surface area contributed by atoms with Gasteiger partial charge in [0.15, 0.2) is 0 Å². The molecule has 0 saturated heterocycles. The number of halogens is 2. The maximum absolute atomic E-state index is 11.4. The Balaban J connectivity index is 2.28. The van der Waals surface area contributed by atoms with E-state index < -0.39 is 10.0 Å². The second kappa shape index (κ2) is 6.23. The molecule has 2 aromatic rings. The second-order valence-corrected chi connectivity index (χ2v) is 7.01. The third-order valence-electron chi connectivity index (χ3n) is 2.99. The van der Waals surface area contributed by atoms with Crippen molar-refractivity contribution in [1.29, 1.82) is 0 Å². The molecule has 0 bridgehead atoms. The van der Waals surface area contributed by atoms with Crippen molar-refractivity contribution in [3.63, 3.8) is 0 Å². The molecule has 0 fully saturated rings. The van der Waals surface area contributed by atoms with Crippen molar-refractivity contribution in [1.82, 2.24) is 0 Å². The van der Waals surface area contributed by atoms with Crippen molar-refractivity contribution in [3.8, 4) is 0 Å². The lowest BCUT2D eigenvalue weighted by Gasteiger charge is -2.17. The van der Waals surface area contributed by atoms with Gasteiger partial charge in [0.25, 0.3) is 0 Å². The van der Waals surface area contributed by atoms with E-state index in [1.165, 1.54) is 12.1 Å². The van der Waals surface area contributed by atoms with E-state index in [2.05, 4.69) is 5.32 Å². The highest BCUT2D eigenvalue weighted by atomic mass is 35.5. The number of hydrogen-bond donors (Lipinski definition) is 2. The molecule has 4 nitrogen and oxygen atoms in total. The van der Waals surface area contributed by atoms with Gasteiger partial charge in [-0.1, -0.05) is 35.3 Å². The average Bonchev–Trinajstić information content (AvgIpc) is 2.42. The Bertz CT molecular complexity index is 763. The van der Waals surface area contributed by atoms with Crippen LogP contribution in [0.5, 0.6) is 0 Å². The predicted molar refractivity (Wildman–Crippen MR) is 86.3 cm³/mol. The first kappa shape index (κ1) is 16.1. The first-order chi connectivity index (χ1) is 9.77. The van der Waals surface area contributed by atoms with Crippen molar-refractivity contribution in [3.05, 3.63) is 58.1 Å². The highest BCUT2D eigenvalue weighted by Crippen LogP contribution is 2.29. The zero-order chi connectivity index (χ0) is 15.6. The molecule has 1 atom stereocenters. The molecular weight excluding hydrogens is 331 g/mol. The monoisotopic (exact) mass is 344 g/mol. The fourth-order valence-corrected chi connectivity index (χ4v) is 2.80. The van der Waals surface area contributed by atoms with Crippen LogP contribution in [0, 0.1) is 0 Å². The van der Waals surface area contributed by atoms with Gasteiger partial charge < -0.3 is 5.32 Å². The van der Waals surface area contributed by atoms with Crippen LogP contribution in [0.1, 0.15) is 18.5 Å². The molecule has 3 N–H and O–H groups in total. The van der Waals surface area contributed by atoms with Crippen LogP contribution in [0.4, 0.5) is 5.69 Å². The van der Waals surface area contributed by atoms with Crippen molar-refractivity contribution in [2.45, 2.75) is 17.9 Å². The fraction of sp³-hybridized carbons (Fsp3) is 0.143. The lowest BCUT2D eigenvalue weighted by molar-refractivity contribution is 0.597. The molecule has 112 valence electrons. The van der Waals surface area contributed by atoms with Gasteiger partial charge in [-0.15, -0.1) is 0 Å². The van der Waals surface area contributed by atoms with E-state index in [9.17, 15) is 8.42 Å². The van der Waals surface area contributed by atoms with E-state index in [1.54, 1.807) is 24.3 Å². The number of nitrogens with two attached hydrogens (primary N) is 1. The summed E-state index contributed by atoms with van der Waals surface area (Å²) >= 11 is 12.0. The Morgan fingerprint density at radius 1 is 1.14 bits per heavy atom. The van der Waals surface area contributed by atoms with Gasteiger partial charge in [-0.05, 0) is 42.8 Å². The second-order valence-electron chi connectivity index (χ2n) is 4.61. The molecule has 0 aliphatic carbocycles. The molecule has 0 spiro atoms. The predicted octanol–water partition coefficient (Wildman–Crippen LogP) is 3.81. The molecular formula is C14H14Cl2N2O2S. The van der Waals surface area contributed by atoms with E-state index in [0.29, 0.717) is 15.7 Å². The number of rotatable bonds is 4. The van der Waals surface area contributed by atoms with Crippen molar-refractivity contribution >= 4 is 38.9 Å². The van der Waals surface area contributed by atoms with Gasteiger partial charge in [-0.3, -0.25) is 0 Å². The van der Waals surface area contributed by atoms with E-state index in [4.69, 9.17) is 28.3 Å².